The Morgan fingerprint density at radius 3 is 2.89 bits per heavy atom. The molecule has 106 valence electrons. The number of rotatable bonds is 5. The number of halogens is 1. The van der Waals surface area contributed by atoms with Crippen molar-refractivity contribution in [1.29, 1.82) is 0 Å². The van der Waals surface area contributed by atoms with Gasteiger partial charge in [-0.25, -0.2) is 0 Å². The SMILES string of the molecule is COc1ccccc1CN1CCCCC1CC(C)Br. The highest BCUT2D eigenvalue weighted by atomic mass is 79.9. The predicted octanol–water partition coefficient (Wildman–Crippen LogP) is 4.22. The minimum absolute atomic E-state index is 0.593. The monoisotopic (exact) mass is 325 g/mol. The van der Waals surface area contributed by atoms with Gasteiger partial charge in [0.25, 0.3) is 0 Å². The van der Waals surface area contributed by atoms with Crippen LogP contribution in [-0.2, 0) is 6.54 Å². The normalized spacial score (nSPS) is 22.2. The van der Waals surface area contributed by atoms with Crippen molar-refractivity contribution >= 4 is 15.9 Å². The highest BCUT2D eigenvalue weighted by Crippen LogP contribution is 2.27. The molecule has 0 spiro atoms. The van der Waals surface area contributed by atoms with E-state index >= 15 is 0 Å². The Labute approximate surface area is 125 Å². The Balaban J connectivity index is 2.06. The third-order valence-electron chi connectivity index (χ3n) is 3.91. The molecule has 1 saturated heterocycles. The molecule has 0 N–H and O–H groups in total. The second-order valence-electron chi connectivity index (χ2n) is 5.45. The van der Waals surface area contributed by atoms with E-state index in [0.717, 1.165) is 12.3 Å². The van der Waals surface area contributed by atoms with Crippen molar-refractivity contribution < 1.29 is 4.74 Å². The van der Waals surface area contributed by atoms with Gasteiger partial charge in [0.15, 0.2) is 0 Å². The Bertz CT molecular complexity index is 394. The smallest absolute Gasteiger partial charge is 0.123 e. The standard InChI is InChI=1S/C16H24BrNO/c1-13(17)11-15-8-5-6-10-18(15)12-14-7-3-4-9-16(14)19-2/h3-4,7,9,13,15H,5-6,8,10-12H2,1-2H3. The van der Waals surface area contributed by atoms with Crippen LogP contribution >= 0.6 is 15.9 Å². The van der Waals surface area contributed by atoms with Crippen molar-refractivity contribution in [3.8, 4) is 5.75 Å². The van der Waals surface area contributed by atoms with Gasteiger partial charge < -0.3 is 4.74 Å². The number of ether oxygens (including phenoxy) is 1. The third kappa shape index (κ3) is 4.22. The van der Waals surface area contributed by atoms with Gasteiger partial charge >= 0.3 is 0 Å². The lowest BCUT2D eigenvalue weighted by Gasteiger charge is -2.36. The molecule has 1 aromatic carbocycles. The molecule has 3 heteroatoms. The first-order chi connectivity index (χ1) is 9.20. The molecule has 0 aromatic heterocycles. The zero-order chi connectivity index (χ0) is 13.7. The van der Waals surface area contributed by atoms with E-state index in [9.17, 15) is 0 Å². The molecule has 2 rings (SSSR count). The summed E-state index contributed by atoms with van der Waals surface area (Å²) in [4.78, 5) is 3.22. The average molecular weight is 326 g/mol. The summed E-state index contributed by atoms with van der Waals surface area (Å²) >= 11 is 3.70. The largest absolute Gasteiger partial charge is 0.496 e. The third-order valence-corrected chi connectivity index (χ3v) is 4.29. The number of benzene rings is 1. The maximum atomic E-state index is 5.47. The highest BCUT2D eigenvalue weighted by Gasteiger charge is 2.24. The number of para-hydroxylation sites is 1. The minimum atomic E-state index is 0.593. The molecule has 0 aliphatic carbocycles. The van der Waals surface area contributed by atoms with Gasteiger partial charge in [0, 0.05) is 23.0 Å². The number of likely N-dealkylation sites (tertiary alicyclic amines) is 1. The van der Waals surface area contributed by atoms with Crippen molar-refractivity contribution in [3.63, 3.8) is 0 Å². The molecule has 0 radical (unpaired) electrons. The van der Waals surface area contributed by atoms with Crippen LogP contribution in [0.2, 0.25) is 0 Å². The first kappa shape index (κ1) is 14.9. The Morgan fingerprint density at radius 2 is 2.16 bits per heavy atom. The number of piperidine rings is 1. The lowest BCUT2D eigenvalue weighted by Crippen LogP contribution is -2.40. The van der Waals surface area contributed by atoms with Crippen molar-refractivity contribution in [2.75, 3.05) is 13.7 Å². The Hall–Kier alpha value is -0.540. The van der Waals surface area contributed by atoms with Gasteiger partial charge in [-0.1, -0.05) is 47.5 Å². The molecule has 2 unspecified atom stereocenters. The van der Waals surface area contributed by atoms with Crippen LogP contribution in [0.25, 0.3) is 0 Å². The zero-order valence-corrected chi connectivity index (χ0v) is 13.5. The fraction of sp³-hybridized carbons (Fsp3) is 0.625. The average Bonchev–Trinajstić information content (AvgIpc) is 2.41. The van der Waals surface area contributed by atoms with Gasteiger partial charge in [0.1, 0.15) is 5.75 Å². The van der Waals surface area contributed by atoms with Crippen LogP contribution in [0.15, 0.2) is 24.3 Å². The van der Waals surface area contributed by atoms with Gasteiger partial charge in [-0.05, 0) is 31.9 Å². The van der Waals surface area contributed by atoms with E-state index < -0.39 is 0 Å². The number of alkyl halides is 1. The molecule has 1 heterocycles. The van der Waals surface area contributed by atoms with E-state index in [2.05, 4.69) is 46.0 Å². The van der Waals surface area contributed by atoms with Crippen molar-refractivity contribution in [1.82, 2.24) is 4.90 Å². The van der Waals surface area contributed by atoms with Gasteiger partial charge in [0.05, 0.1) is 7.11 Å². The van der Waals surface area contributed by atoms with E-state index in [0.29, 0.717) is 10.9 Å². The quantitative estimate of drug-likeness (QED) is 0.751. The molecule has 2 atom stereocenters. The summed E-state index contributed by atoms with van der Waals surface area (Å²) in [5.74, 6) is 1.01. The topological polar surface area (TPSA) is 12.5 Å². The summed E-state index contributed by atoms with van der Waals surface area (Å²) in [6.07, 6.45) is 5.25. The number of methoxy groups -OCH3 is 1. The maximum Gasteiger partial charge on any atom is 0.123 e. The molecule has 2 nitrogen and oxygen atoms in total. The summed E-state index contributed by atoms with van der Waals surface area (Å²) in [5, 5.41) is 0. The van der Waals surface area contributed by atoms with Gasteiger partial charge in [0.2, 0.25) is 0 Å². The van der Waals surface area contributed by atoms with Crippen LogP contribution in [0.5, 0.6) is 5.75 Å². The molecule has 0 saturated carbocycles. The summed E-state index contributed by atoms with van der Waals surface area (Å²) in [7, 11) is 1.76. The second kappa shape index (κ2) is 7.30. The summed E-state index contributed by atoms with van der Waals surface area (Å²) in [6, 6.07) is 9.08. The summed E-state index contributed by atoms with van der Waals surface area (Å²) in [6.45, 7) is 4.47. The van der Waals surface area contributed by atoms with Crippen LogP contribution in [0, 0.1) is 0 Å². The molecular weight excluding hydrogens is 302 g/mol. The maximum absolute atomic E-state index is 5.47. The van der Waals surface area contributed by atoms with Crippen molar-refractivity contribution in [2.24, 2.45) is 0 Å². The molecular formula is C16H24BrNO. The molecule has 0 amide bonds. The summed E-state index contributed by atoms with van der Waals surface area (Å²) in [5.41, 5.74) is 1.30. The molecule has 19 heavy (non-hydrogen) atoms. The fourth-order valence-electron chi connectivity index (χ4n) is 2.96. The Morgan fingerprint density at radius 1 is 1.37 bits per heavy atom. The molecule has 0 bridgehead atoms. The van der Waals surface area contributed by atoms with Crippen molar-refractivity contribution in [3.05, 3.63) is 29.8 Å². The molecule has 1 fully saturated rings. The molecule has 1 aliphatic heterocycles. The minimum Gasteiger partial charge on any atom is -0.496 e. The van der Waals surface area contributed by atoms with Crippen LogP contribution in [0.3, 0.4) is 0 Å². The van der Waals surface area contributed by atoms with Crippen molar-refractivity contribution in [2.45, 2.75) is 50.0 Å². The van der Waals surface area contributed by atoms with E-state index in [-0.39, 0.29) is 0 Å². The summed E-state index contributed by atoms with van der Waals surface area (Å²) < 4.78 is 5.47. The highest BCUT2D eigenvalue weighted by molar-refractivity contribution is 9.09. The van der Waals surface area contributed by atoms with Gasteiger partial charge in [-0.3, -0.25) is 4.90 Å². The van der Waals surface area contributed by atoms with E-state index in [4.69, 9.17) is 4.74 Å². The van der Waals surface area contributed by atoms with Crippen LogP contribution in [0.1, 0.15) is 38.2 Å². The molecule has 1 aliphatic rings. The number of nitrogens with zero attached hydrogens (tertiary/aromatic N) is 1. The van der Waals surface area contributed by atoms with Crippen LogP contribution in [-0.4, -0.2) is 29.4 Å². The molecule has 1 aromatic rings. The Kier molecular flexibility index (Phi) is 5.71. The van der Waals surface area contributed by atoms with E-state index in [1.165, 1.54) is 37.8 Å². The second-order valence-corrected chi connectivity index (χ2v) is 7.01. The van der Waals surface area contributed by atoms with E-state index in [1.807, 2.05) is 6.07 Å². The lowest BCUT2D eigenvalue weighted by molar-refractivity contribution is 0.132. The van der Waals surface area contributed by atoms with Crippen LogP contribution < -0.4 is 4.74 Å². The fourth-order valence-corrected chi connectivity index (χ4v) is 3.39. The first-order valence-corrected chi connectivity index (χ1v) is 8.12. The first-order valence-electron chi connectivity index (χ1n) is 7.20. The number of hydrogen-bond acceptors (Lipinski definition) is 2. The van der Waals surface area contributed by atoms with E-state index in [1.54, 1.807) is 7.11 Å². The predicted molar refractivity (Wildman–Crippen MR) is 84.0 cm³/mol. The zero-order valence-electron chi connectivity index (χ0n) is 11.9. The van der Waals surface area contributed by atoms with Gasteiger partial charge in [-0.15, -0.1) is 0 Å². The van der Waals surface area contributed by atoms with Crippen LogP contribution in [0.4, 0.5) is 0 Å². The van der Waals surface area contributed by atoms with Gasteiger partial charge in [-0.2, -0.15) is 0 Å². The lowest BCUT2D eigenvalue weighted by atomic mass is 9.97. The number of hydrogen-bond donors (Lipinski definition) is 0.